The van der Waals surface area contributed by atoms with Crippen molar-refractivity contribution in [2.24, 2.45) is 5.73 Å². The monoisotopic (exact) mass is 304 g/mol. The Kier molecular flexibility index (Phi) is 4.29. The molecule has 3 rings (SSSR count). The molecule has 6 heteroatoms. The van der Waals surface area contributed by atoms with Crippen molar-refractivity contribution in [3.63, 3.8) is 0 Å². The second-order valence-corrected chi connectivity index (χ2v) is 5.65. The predicted molar refractivity (Wildman–Crippen MR) is 80.6 cm³/mol. The lowest BCUT2D eigenvalue weighted by atomic mass is 9.93. The molecule has 0 amide bonds. The average molecular weight is 304 g/mol. The highest BCUT2D eigenvalue weighted by atomic mass is 19.1. The van der Waals surface area contributed by atoms with Gasteiger partial charge in [-0.15, -0.1) is 0 Å². The lowest BCUT2D eigenvalue weighted by Gasteiger charge is -2.25. The minimum absolute atomic E-state index is 0.0164. The highest BCUT2D eigenvalue weighted by Gasteiger charge is 2.26. The van der Waals surface area contributed by atoms with Crippen LogP contribution in [0.2, 0.25) is 0 Å². The van der Waals surface area contributed by atoms with Gasteiger partial charge in [0.15, 0.2) is 0 Å². The van der Waals surface area contributed by atoms with E-state index in [0.29, 0.717) is 24.6 Å². The summed E-state index contributed by atoms with van der Waals surface area (Å²) < 4.78 is 27.2. The maximum Gasteiger partial charge on any atom is 0.225 e. The zero-order valence-electron chi connectivity index (χ0n) is 12.1. The first-order chi connectivity index (χ1) is 10.6. The van der Waals surface area contributed by atoms with Gasteiger partial charge in [-0.3, -0.25) is 0 Å². The van der Waals surface area contributed by atoms with Crippen LogP contribution in [-0.2, 0) is 0 Å². The molecule has 2 atom stereocenters. The summed E-state index contributed by atoms with van der Waals surface area (Å²) in [6.45, 7) is 1.20. The first kappa shape index (κ1) is 14.8. The second kappa shape index (κ2) is 6.36. The maximum atomic E-state index is 14.1. The number of halogens is 2. The molecule has 116 valence electrons. The smallest absolute Gasteiger partial charge is 0.225 e. The van der Waals surface area contributed by atoms with E-state index in [1.807, 2.05) is 4.90 Å². The highest BCUT2D eigenvalue weighted by molar-refractivity contribution is 5.33. The van der Waals surface area contributed by atoms with Crippen LogP contribution in [0.25, 0.3) is 0 Å². The molecule has 1 fully saturated rings. The Labute approximate surface area is 128 Å². The zero-order chi connectivity index (χ0) is 15.5. The lowest BCUT2D eigenvalue weighted by molar-refractivity contribution is 0.534. The van der Waals surface area contributed by atoms with Crippen molar-refractivity contribution >= 4 is 5.95 Å². The Morgan fingerprint density at radius 3 is 2.59 bits per heavy atom. The van der Waals surface area contributed by atoms with E-state index in [-0.39, 0.29) is 12.0 Å². The molecule has 0 bridgehead atoms. The SMILES string of the molecule is NC1CCC(c2ccc(F)cc2F)CN(c2ncccn2)C1. The van der Waals surface area contributed by atoms with Crippen LogP contribution in [0.15, 0.2) is 36.7 Å². The number of nitrogens with zero attached hydrogens (tertiary/aromatic N) is 3. The summed E-state index contributed by atoms with van der Waals surface area (Å²) in [5.41, 5.74) is 6.64. The molecule has 0 saturated carbocycles. The van der Waals surface area contributed by atoms with E-state index in [0.717, 1.165) is 18.9 Å². The third kappa shape index (κ3) is 3.22. The van der Waals surface area contributed by atoms with Crippen molar-refractivity contribution in [3.05, 3.63) is 53.9 Å². The summed E-state index contributed by atoms with van der Waals surface area (Å²) in [5, 5.41) is 0. The van der Waals surface area contributed by atoms with Gasteiger partial charge >= 0.3 is 0 Å². The zero-order valence-corrected chi connectivity index (χ0v) is 12.1. The van der Waals surface area contributed by atoms with Crippen molar-refractivity contribution < 1.29 is 8.78 Å². The van der Waals surface area contributed by atoms with Crippen LogP contribution in [0.1, 0.15) is 24.3 Å². The van der Waals surface area contributed by atoms with E-state index in [4.69, 9.17) is 5.73 Å². The molecule has 4 nitrogen and oxygen atoms in total. The fourth-order valence-electron chi connectivity index (χ4n) is 2.93. The fourth-order valence-corrected chi connectivity index (χ4v) is 2.93. The number of benzene rings is 1. The van der Waals surface area contributed by atoms with Crippen molar-refractivity contribution in [2.45, 2.75) is 24.8 Å². The summed E-state index contributed by atoms with van der Waals surface area (Å²) in [6.07, 6.45) is 4.89. The van der Waals surface area contributed by atoms with Gasteiger partial charge in [0, 0.05) is 43.5 Å². The summed E-state index contributed by atoms with van der Waals surface area (Å²) in [7, 11) is 0. The normalized spacial score (nSPS) is 22.4. The Hall–Kier alpha value is -2.08. The van der Waals surface area contributed by atoms with Crippen LogP contribution >= 0.6 is 0 Å². The molecule has 2 heterocycles. The van der Waals surface area contributed by atoms with Crippen molar-refractivity contribution in [2.75, 3.05) is 18.0 Å². The van der Waals surface area contributed by atoms with Gasteiger partial charge in [0.05, 0.1) is 0 Å². The molecule has 1 saturated heterocycles. The van der Waals surface area contributed by atoms with Gasteiger partial charge in [0.25, 0.3) is 0 Å². The number of hydrogen-bond acceptors (Lipinski definition) is 4. The molecule has 0 spiro atoms. The van der Waals surface area contributed by atoms with E-state index in [9.17, 15) is 8.78 Å². The lowest BCUT2D eigenvalue weighted by Crippen LogP contribution is -2.37. The third-order valence-corrected chi connectivity index (χ3v) is 4.02. The van der Waals surface area contributed by atoms with Crippen LogP contribution in [0.5, 0.6) is 0 Å². The minimum atomic E-state index is -0.560. The van der Waals surface area contributed by atoms with Gasteiger partial charge in [0.2, 0.25) is 5.95 Å². The van der Waals surface area contributed by atoms with E-state index in [1.54, 1.807) is 18.5 Å². The molecular formula is C16H18F2N4. The van der Waals surface area contributed by atoms with Crippen molar-refractivity contribution in [1.29, 1.82) is 0 Å². The molecular weight excluding hydrogens is 286 g/mol. The summed E-state index contributed by atoms with van der Waals surface area (Å²) in [6, 6.07) is 5.49. The quantitative estimate of drug-likeness (QED) is 0.926. The number of nitrogens with two attached hydrogens (primary N) is 1. The van der Waals surface area contributed by atoms with E-state index in [2.05, 4.69) is 9.97 Å². The van der Waals surface area contributed by atoms with Crippen LogP contribution in [0.4, 0.5) is 14.7 Å². The van der Waals surface area contributed by atoms with Crippen molar-refractivity contribution in [1.82, 2.24) is 9.97 Å². The molecule has 0 aliphatic carbocycles. The van der Waals surface area contributed by atoms with Crippen LogP contribution in [0, 0.1) is 11.6 Å². The molecule has 22 heavy (non-hydrogen) atoms. The maximum absolute atomic E-state index is 14.1. The van der Waals surface area contributed by atoms with Gasteiger partial charge in [-0.2, -0.15) is 0 Å². The molecule has 2 unspecified atom stereocenters. The fraction of sp³-hybridized carbons (Fsp3) is 0.375. The molecule has 2 aromatic rings. The Bertz CT molecular complexity index is 635. The van der Waals surface area contributed by atoms with Gasteiger partial charge < -0.3 is 10.6 Å². The third-order valence-electron chi connectivity index (χ3n) is 4.02. The first-order valence-corrected chi connectivity index (χ1v) is 7.36. The van der Waals surface area contributed by atoms with Gasteiger partial charge in [-0.1, -0.05) is 6.07 Å². The number of anilines is 1. The highest BCUT2D eigenvalue weighted by Crippen LogP contribution is 2.29. The molecule has 1 aromatic carbocycles. The number of rotatable bonds is 2. The Morgan fingerprint density at radius 1 is 1.09 bits per heavy atom. The summed E-state index contributed by atoms with van der Waals surface area (Å²) >= 11 is 0. The first-order valence-electron chi connectivity index (χ1n) is 7.36. The Balaban J connectivity index is 1.88. The predicted octanol–water partition coefficient (Wildman–Crippen LogP) is 2.47. The minimum Gasteiger partial charge on any atom is -0.339 e. The standard InChI is InChI=1S/C16H18F2N4/c17-12-3-5-14(15(18)8-12)11-2-4-13(19)10-22(9-11)16-20-6-1-7-21-16/h1,3,5-8,11,13H,2,4,9-10,19H2. The molecule has 1 aliphatic heterocycles. The van der Waals surface area contributed by atoms with Crippen molar-refractivity contribution in [3.8, 4) is 0 Å². The second-order valence-electron chi connectivity index (χ2n) is 5.65. The van der Waals surface area contributed by atoms with Crippen LogP contribution < -0.4 is 10.6 Å². The molecule has 1 aromatic heterocycles. The van der Waals surface area contributed by atoms with E-state index in [1.165, 1.54) is 12.1 Å². The Morgan fingerprint density at radius 2 is 1.86 bits per heavy atom. The molecule has 2 N–H and O–H groups in total. The summed E-state index contributed by atoms with van der Waals surface area (Å²) in [5.74, 6) is -0.533. The molecule has 0 radical (unpaired) electrons. The summed E-state index contributed by atoms with van der Waals surface area (Å²) in [4.78, 5) is 10.5. The van der Waals surface area contributed by atoms with Gasteiger partial charge in [0.1, 0.15) is 11.6 Å². The number of aromatic nitrogens is 2. The molecule has 1 aliphatic rings. The topological polar surface area (TPSA) is 55.0 Å². The van der Waals surface area contributed by atoms with Crippen LogP contribution in [0.3, 0.4) is 0 Å². The number of hydrogen-bond donors (Lipinski definition) is 1. The van der Waals surface area contributed by atoms with Gasteiger partial charge in [-0.05, 0) is 30.5 Å². The largest absolute Gasteiger partial charge is 0.339 e. The average Bonchev–Trinajstić information content (AvgIpc) is 2.70. The van der Waals surface area contributed by atoms with Gasteiger partial charge in [-0.25, -0.2) is 18.7 Å². The van der Waals surface area contributed by atoms with E-state index < -0.39 is 11.6 Å². The van der Waals surface area contributed by atoms with Crippen LogP contribution in [-0.4, -0.2) is 29.1 Å². The van der Waals surface area contributed by atoms with E-state index >= 15 is 0 Å².